The first kappa shape index (κ1) is 14.2. The quantitative estimate of drug-likeness (QED) is 0.607. The minimum Gasteiger partial charge on any atom is -0.496 e. The maximum absolute atomic E-state index is 13.7. The molecule has 0 N–H and O–H groups in total. The molecule has 0 unspecified atom stereocenters. The van der Waals surface area contributed by atoms with Crippen LogP contribution in [0, 0.1) is 5.82 Å². The molecule has 0 fully saturated rings. The Balaban J connectivity index is 2.27. The molecule has 0 atom stereocenters. The Morgan fingerprint density at radius 3 is 2.71 bits per heavy atom. The van der Waals surface area contributed by atoms with Crippen molar-refractivity contribution in [2.45, 2.75) is 0 Å². The molecular formula is C15H9BrClFN2O. The van der Waals surface area contributed by atoms with Crippen LogP contribution >= 0.6 is 27.5 Å². The molecule has 0 saturated carbocycles. The second kappa shape index (κ2) is 5.58. The van der Waals surface area contributed by atoms with Crippen LogP contribution in [0.15, 0.2) is 40.9 Å². The summed E-state index contributed by atoms with van der Waals surface area (Å²) in [6, 6.07) is 10.2. The van der Waals surface area contributed by atoms with E-state index >= 15 is 0 Å². The molecule has 0 radical (unpaired) electrons. The van der Waals surface area contributed by atoms with E-state index in [2.05, 4.69) is 25.9 Å². The number of halogens is 3. The Labute approximate surface area is 133 Å². The van der Waals surface area contributed by atoms with Gasteiger partial charge in [-0.1, -0.05) is 23.7 Å². The molecule has 0 aliphatic heterocycles. The predicted molar refractivity (Wildman–Crippen MR) is 84.2 cm³/mol. The van der Waals surface area contributed by atoms with Gasteiger partial charge in [0.15, 0.2) is 5.82 Å². The normalized spacial score (nSPS) is 10.9. The van der Waals surface area contributed by atoms with Gasteiger partial charge in [0, 0.05) is 11.5 Å². The van der Waals surface area contributed by atoms with Gasteiger partial charge in [0.2, 0.25) is 0 Å². The third-order valence-electron chi connectivity index (χ3n) is 3.04. The van der Waals surface area contributed by atoms with Crippen molar-refractivity contribution in [3.8, 4) is 17.1 Å². The fourth-order valence-electron chi connectivity index (χ4n) is 2.04. The Hall–Kier alpha value is -1.72. The number of nitrogens with zero attached hydrogens (tertiary/aromatic N) is 2. The number of hydrogen-bond acceptors (Lipinski definition) is 3. The highest BCUT2D eigenvalue weighted by Crippen LogP contribution is 2.32. The fraction of sp³-hybridized carbons (Fsp3) is 0.0667. The number of methoxy groups -OCH3 is 1. The Morgan fingerprint density at radius 1 is 1.19 bits per heavy atom. The van der Waals surface area contributed by atoms with E-state index in [0.717, 1.165) is 0 Å². The van der Waals surface area contributed by atoms with Gasteiger partial charge >= 0.3 is 0 Å². The SMILES string of the molecule is COc1ccccc1-c1nc(Cl)c2cc(Br)c(F)cc2n1. The lowest BCUT2D eigenvalue weighted by Crippen LogP contribution is -1.95. The number of hydrogen-bond donors (Lipinski definition) is 0. The number of aromatic nitrogens is 2. The van der Waals surface area contributed by atoms with Crippen LogP contribution in [-0.4, -0.2) is 17.1 Å². The lowest BCUT2D eigenvalue weighted by atomic mass is 10.1. The highest BCUT2D eigenvalue weighted by Gasteiger charge is 2.13. The number of rotatable bonds is 2. The van der Waals surface area contributed by atoms with Gasteiger partial charge in [-0.3, -0.25) is 0 Å². The molecule has 21 heavy (non-hydrogen) atoms. The van der Waals surface area contributed by atoms with Crippen molar-refractivity contribution in [2.75, 3.05) is 7.11 Å². The molecule has 3 aromatic rings. The first-order chi connectivity index (χ1) is 10.1. The molecule has 0 amide bonds. The van der Waals surface area contributed by atoms with Crippen molar-refractivity contribution in [2.24, 2.45) is 0 Å². The first-order valence-electron chi connectivity index (χ1n) is 6.06. The average Bonchev–Trinajstić information content (AvgIpc) is 2.49. The molecule has 6 heteroatoms. The van der Waals surface area contributed by atoms with Gasteiger partial charge < -0.3 is 4.74 Å². The summed E-state index contributed by atoms with van der Waals surface area (Å²) in [6.45, 7) is 0. The van der Waals surface area contributed by atoms with E-state index in [1.54, 1.807) is 19.2 Å². The molecule has 3 rings (SSSR count). The van der Waals surface area contributed by atoms with E-state index in [0.29, 0.717) is 32.5 Å². The second-order valence-electron chi connectivity index (χ2n) is 4.32. The van der Waals surface area contributed by atoms with Crippen LogP contribution in [0.2, 0.25) is 5.15 Å². The minimum absolute atomic E-state index is 0.265. The fourth-order valence-corrected chi connectivity index (χ4v) is 2.61. The van der Waals surface area contributed by atoms with Crippen LogP contribution in [0.25, 0.3) is 22.3 Å². The van der Waals surface area contributed by atoms with E-state index in [1.807, 2.05) is 18.2 Å². The van der Waals surface area contributed by atoms with Gasteiger partial charge in [-0.05, 0) is 34.1 Å². The van der Waals surface area contributed by atoms with E-state index in [4.69, 9.17) is 16.3 Å². The summed E-state index contributed by atoms with van der Waals surface area (Å²) in [7, 11) is 1.57. The zero-order chi connectivity index (χ0) is 15.0. The van der Waals surface area contributed by atoms with Gasteiger partial charge in [-0.25, -0.2) is 14.4 Å². The van der Waals surface area contributed by atoms with Crippen LogP contribution in [0.3, 0.4) is 0 Å². The van der Waals surface area contributed by atoms with Crippen LogP contribution in [-0.2, 0) is 0 Å². The predicted octanol–water partition coefficient (Wildman–Crippen LogP) is 4.86. The number of ether oxygens (including phenoxy) is 1. The molecule has 2 aromatic carbocycles. The van der Waals surface area contributed by atoms with Crippen LogP contribution in [0.5, 0.6) is 5.75 Å². The molecule has 1 aromatic heterocycles. The van der Waals surface area contributed by atoms with Gasteiger partial charge in [-0.15, -0.1) is 0 Å². The van der Waals surface area contributed by atoms with Gasteiger partial charge in [0.25, 0.3) is 0 Å². The van der Waals surface area contributed by atoms with Crippen LogP contribution < -0.4 is 4.74 Å². The molecule has 3 nitrogen and oxygen atoms in total. The summed E-state index contributed by atoms with van der Waals surface area (Å²) in [5.41, 5.74) is 1.14. The largest absolute Gasteiger partial charge is 0.496 e. The summed E-state index contributed by atoms with van der Waals surface area (Å²) in [5.74, 6) is 0.625. The second-order valence-corrected chi connectivity index (χ2v) is 5.53. The zero-order valence-corrected chi connectivity index (χ0v) is 13.2. The van der Waals surface area contributed by atoms with Gasteiger partial charge in [0.1, 0.15) is 16.7 Å². The Bertz CT molecular complexity index is 841. The Morgan fingerprint density at radius 2 is 1.95 bits per heavy atom. The van der Waals surface area contributed by atoms with Crippen molar-refractivity contribution in [1.29, 1.82) is 0 Å². The molecular weight excluding hydrogens is 359 g/mol. The first-order valence-corrected chi connectivity index (χ1v) is 7.23. The molecule has 1 heterocycles. The van der Waals surface area contributed by atoms with Crippen molar-refractivity contribution in [3.63, 3.8) is 0 Å². The van der Waals surface area contributed by atoms with Crippen molar-refractivity contribution in [1.82, 2.24) is 9.97 Å². The minimum atomic E-state index is -0.400. The Kier molecular flexibility index (Phi) is 3.78. The maximum Gasteiger partial charge on any atom is 0.165 e. The number of para-hydroxylation sites is 1. The molecule has 106 valence electrons. The van der Waals surface area contributed by atoms with E-state index < -0.39 is 5.82 Å². The summed E-state index contributed by atoms with van der Waals surface area (Å²) in [6.07, 6.45) is 0. The topological polar surface area (TPSA) is 35.0 Å². The molecule has 0 spiro atoms. The smallest absolute Gasteiger partial charge is 0.165 e. The average molecular weight is 368 g/mol. The summed E-state index contributed by atoms with van der Waals surface area (Å²) < 4.78 is 19.3. The molecule has 0 bridgehead atoms. The number of benzene rings is 2. The van der Waals surface area contributed by atoms with E-state index in [-0.39, 0.29) is 5.15 Å². The monoisotopic (exact) mass is 366 g/mol. The lowest BCUT2D eigenvalue weighted by molar-refractivity contribution is 0.416. The van der Waals surface area contributed by atoms with Crippen LogP contribution in [0.4, 0.5) is 4.39 Å². The molecule has 0 saturated heterocycles. The third kappa shape index (κ3) is 2.59. The summed E-state index contributed by atoms with van der Waals surface area (Å²) in [4.78, 5) is 8.66. The summed E-state index contributed by atoms with van der Waals surface area (Å²) in [5, 5.41) is 0.852. The third-order valence-corrected chi connectivity index (χ3v) is 3.93. The zero-order valence-electron chi connectivity index (χ0n) is 10.9. The molecule has 0 aliphatic carbocycles. The van der Waals surface area contributed by atoms with Gasteiger partial charge in [0.05, 0.1) is 22.7 Å². The highest BCUT2D eigenvalue weighted by atomic mass is 79.9. The highest BCUT2D eigenvalue weighted by molar-refractivity contribution is 9.10. The lowest BCUT2D eigenvalue weighted by Gasteiger charge is -2.09. The standard InChI is InChI=1S/C15H9BrClFN2O/c1-21-13-5-3-2-4-8(13)15-19-12-7-11(18)10(16)6-9(12)14(17)20-15/h2-7H,1H3. The van der Waals surface area contributed by atoms with E-state index in [1.165, 1.54) is 6.07 Å². The van der Waals surface area contributed by atoms with Crippen molar-refractivity contribution < 1.29 is 9.13 Å². The maximum atomic E-state index is 13.7. The van der Waals surface area contributed by atoms with E-state index in [9.17, 15) is 4.39 Å². The van der Waals surface area contributed by atoms with Crippen LogP contribution in [0.1, 0.15) is 0 Å². The van der Waals surface area contributed by atoms with Crippen molar-refractivity contribution >= 4 is 38.4 Å². The number of fused-ring (bicyclic) bond motifs is 1. The van der Waals surface area contributed by atoms with Gasteiger partial charge in [-0.2, -0.15) is 0 Å². The summed E-state index contributed by atoms with van der Waals surface area (Å²) >= 11 is 9.32. The molecule has 0 aliphatic rings. The van der Waals surface area contributed by atoms with Crippen molar-refractivity contribution in [3.05, 3.63) is 51.8 Å².